The predicted molar refractivity (Wildman–Crippen MR) is 204 cm³/mol. The van der Waals surface area contributed by atoms with E-state index in [0.29, 0.717) is 59.9 Å². The number of nitrogens with one attached hydrogen (secondary N) is 2. The Hall–Kier alpha value is -5.09. The van der Waals surface area contributed by atoms with Crippen LogP contribution in [0.1, 0.15) is 45.2 Å². The van der Waals surface area contributed by atoms with Crippen molar-refractivity contribution in [2.24, 2.45) is 0 Å². The van der Waals surface area contributed by atoms with Gasteiger partial charge in [-0.05, 0) is 107 Å². The summed E-state index contributed by atoms with van der Waals surface area (Å²) < 4.78 is 23.7. The van der Waals surface area contributed by atoms with Crippen molar-refractivity contribution in [3.63, 3.8) is 0 Å². The molecule has 7 rings (SSSR count). The molecule has 3 atom stereocenters. The van der Waals surface area contributed by atoms with E-state index in [2.05, 4.69) is 22.5 Å². The first-order valence-corrected chi connectivity index (χ1v) is 18.2. The number of carbonyl (C=O) groups is 2. The van der Waals surface area contributed by atoms with Crippen molar-refractivity contribution < 1.29 is 28.5 Å². The average molecular weight is 753 g/mol. The molecule has 272 valence electrons. The number of methoxy groups -OCH3 is 1. The van der Waals surface area contributed by atoms with Crippen LogP contribution in [0.5, 0.6) is 17.2 Å². The Labute approximate surface area is 318 Å². The zero-order valence-electron chi connectivity index (χ0n) is 29.6. The summed E-state index contributed by atoms with van der Waals surface area (Å²) in [7, 11) is 1.33. The highest BCUT2D eigenvalue weighted by Crippen LogP contribution is 2.40. The third-order valence-electron chi connectivity index (χ3n) is 9.79. The SMILES string of the molecule is COC(=O)[C@H](Cc1ccc(-c2ccnc(C)c2C)cc1)NC(=O)[C@@H]1Cc2cc3c(cc2CN1)O[C@@H](c1cccc(OCc2ccc(Cl)c(Cl)c2)c1)CO3. The van der Waals surface area contributed by atoms with E-state index in [4.69, 9.17) is 42.1 Å². The Bertz CT molecular complexity index is 2160. The predicted octanol–water partition coefficient (Wildman–Crippen LogP) is 7.68. The van der Waals surface area contributed by atoms with Crippen molar-refractivity contribution in [2.45, 2.75) is 58.0 Å². The van der Waals surface area contributed by atoms with Crippen LogP contribution >= 0.6 is 23.2 Å². The van der Waals surface area contributed by atoms with Crippen LogP contribution in [-0.2, 0) is 40.3 Å². The summed E-state index contributed by atoms with van der Waals surface area (Å²) in [6.45, 7) is 5.15. The number of hydrogen-bond donors (Lipinski definition) is 2. The minimum Gasteiger partial charge on any atom is -0.489 e. The fraction of sp³-hybridized carbons (Fsp3) is 0.262. The summed E-state index contributed by atoms with van der Waals surface area (Å²) >= 11 is 12.2. The van der Waals surface area contributed by atoms with Crippen LogP contribution in [0.4, 0.5) is 0 Å². The Morgan fingerprint density at radius 2 is 1.74 bits per heavy atom. The third-order valence-corrected chi connectivity index (χ3v) is 10.5. The summed E-state index contributed by atoms with van der Waals surface area (Å²) in [6.07, 6.45) is 2.19. The first kappa shape index (κ1) is 36.3. The zero-order valence-corrected chi connectivity index (χ0v) is 31.1. The molecule has 0 bridgehead atoms. The maximum atomic E-state index is 13.5. The van der Waals surface area contributed by atoms with Gasteiger partial charge in [0.05, 0.1) is 23.2 Å². The molecular weight excluding hydrogens is 713 g/mol. The molecular formula is C42H39Cl2N3O6. The molecule has 0 saturated heterocycles. The van der Waals surface area contributed by atoms with E-state index in [1.807, 2.05) is 79.7 Å². The van der Waals surface area contributed by atoms with Crippen molar-refractivity contribution in [1.82, 2.24) is 15.6 Å². The highest BCUT2D eigenvalue weighted by atomic mass is 35.5. The Morgan fingerprint density at radius 1 is 0.943 bits per heavy atom. The molecule has 9 nitrogen and oxygen atoms in total. The van der Waals surface area contributed by atoms with E-state index in [-0.39, 0.29) is 12.0 Å². The zero-order chi connectivity index (χ0) is 37.1. The van der Waals surface area contributed by atoms with Crippen LogP contribution in [0.3, 0.4) is 0 Å². The van der Waals surface area contributed by atoms with Crippen LogP contribution < -0.4 is 24.8 Å². The molecule has 0 aliphatic carbocycles. The van der Waals surface area contributed by atoms with Crippen LogP contribution in [0.2, 0.25) is 10.0 Å². The molecule has 0 saturated carbocycles. The van der Waals surface area contributed by atoms with Gasteiger partial charge < -0.3 is 29.6 Å². The molecule has 2 aliphatic rings. The molecule has 0 radical (unpaired) electrons. The first-order chi connectivity index (χ1) is 25.6. The average Bonchev–Trinajstić information content (AvgIpc) is 3.18. The van der Waals surface area contributed by atoms with Gasteiger partial charge in [-0.1, -0.05) is 65.7 Å². The van der Waals surface area contributed by atoms with E-state index in [0.717, 1.165) is 50.2 Å². The number of halogens is 2. The van der Waals surface area contributed by atoms with Crippen molar-refractivity contribution in [2.75, 3.05) is 13.7 Å². The Balaban J connectivity index is 0.974. The Morgan fingerprint density at radius 3 is 2.53 bits per heavy atom. The van der Waals surface area contributed by atoms with Gasteiger partial charge in [0.2, 0.25) is 5.91 Å². The van der Waals surface area contributed by atoms with Gasteiger partial charge in [0, 0.05) is 24.9 Å². The molecule has 0 fully saturated rings. The summed E-state index contributed by atoms with van der Waals surface area (Å²) in [5.41, 5.74) is 9.00. The van der Waals surface area contributed by atoms with Gasteiger partial charge in [0.1, 0.15) is 25.0 Å². The smallest absolute Gasteiger partial charge is 0.328 e. The lowest BCUT2D eigenvalue weighted by atomic mass is 9.94. The molecule has 53 heavy (non-hydrogen) atoms. The summed E-state index contributed by atoms with van der Waals surface area (Å²) in [6, 6.07) is 25.7. The largest absolute Gasteiger partial charge is 0.489 e. The van der Waals surface area contributed by atoms with Crippen molar-refractivity contribution >= 4 is 35.1 Å². The van der Waals surface area contributed by atoms with Gasteiger partial charge >= 0.3 is 5.97 Å². The van der Waals surface area contributed by atoms with E-state index < -0.39 is 18.1 Å². The second kappa shape index (κ2) is 15.9. The van der Waals surface area contributed by atoms with E-state index in [1.54, 1.807) is 18.3 Å². The molecule has 11 heteroatoms. The van der Waals surface area contributed by atoms with Crippen LogP contribution in [-0.4, -0.2) is 42.7 Å². The van der Waals surface area contributed by atoms with Crippen LogP contribution in [0, 0.1) is 13.8 Å². The number of fused-ring (bicyclic) bond motifs is 2. The number of aryl methyl sites for hydroxylation is 1. The number of nitrogens with zero attached hydrogens (tertiary/aromatic N) is 1. The molecule has 1 amide bonds. The number of esters is 1. The van der Waals surface area contributed by atoms with Crippen molar-refractivity contribution in [3.8, 4) is 28.4 Å². The first-order valence-electron chi connectivity index (χ1n) is 17.4. The second-order valence-electron chi connectivity index (χ2n) is 13.3. The minimum atomic E-state index is -0.844. The quantitative estimate of drug-likeness (QED) is 0.140. The normalized spacial score (nSPS) is 16.6. The van der Waals surface area contributed by atoms with Crippen LogP contribution in [0.15, 0.2) is 91.1 Å². The number of benzene rings is 4. The highest BCUT2D eigenvalue weighted by molar-refractivity contribution is 6.42. The maximum Gasteiger partial charge on any atom is 0.328 e. The van der Waals surface area contributed by atoms with Crippen molar-refractivity contribution in [1.29, 1.82) is 0 Å². The molecule has 2 N–H and O–H groups in total. The van der Waals surface area contributed by atoms with Gasteiger partial charge in [-0.25, -0.2) is 4.79 Å². The number of aromatic nitrogens is 1. The van der Waals surface area contributed by atoms with Gasteiger partial charge in [0.15, 0.2) is 17.6 Å². The molecule has 3 heterocycles. The van der Waals surface area contributed by atoms with Crippen LogP contribution in [0.25, 0.3) is 11.1 Å². The number of pyridine rings is 1. The fourth-order valence-electron chi connectivity index (χ4n) is 6.65. The summed E-state index contributed by atoms with van der Waals surface area (Å²) in [5, 5.41) is 7.24. The molecule has 5 aromatic rings. The minimum absolute atomic E-state index is 0.276. The van der Waals surface area contributed by atoms with Gasteiger partial charge in [-0.15, -0.1) is 0 Å². The number of rotatable bonds is 10. The fourth-order valence-corrected chi connectivity index (χ4v) is 6.97. The molecule has 1 aromatic heterocycles. The lowest BCUT2D eigenvalue weighted by Gasteiger charge is -2.31. The lowest BCUT2D eigenvalue weighted by Crippen LogP contribution is -2.53. The third kappa shape index (κ3) is 8.28. The summed E-state index contributed by atoms with van der Waals surface area (Å²) in [5.74, 6) is 1.18. The van der Waals surface area contributed by atoms with E-state index in [9.17, 15) is 9.59 Å². The Kier molecular flexibility index (Phi) is 10.9. The van der Waals surface area contributed by atoms with Crippen molar-refractivity contribution in [3.05, 3.63) is 140 Å². The summed E-state index contributed by atoms with van der Waals surface area (Å²) in [4.78, 5) is 30.7. The number of amides is 1. The van der Waals surface area contributed by atoms with Gasteiger partial charge in [-0.3, -0.25) is 9.78 Å². The van der Waals surface area contributed by atoms with E-state index in [1.165, 1.54) is 7.11 Å². The lowest BCUT2D eigenvalue weighted by molar-refractivity contribution is -0.145. The standard InChI is InChI=1S/C42H39Cl2N3O6/c1-24-25(2)45-14-13-33(24)28-10-7-26(8-11-28)16-37(42(49)50-3)47-41(48)36-18-30-19-38-39(20-31(30)21-46-36)53-40(23-52-38)29-5-4-6-32(17-29)51-22-27-9-12-34(43)35(44)15-27/h4-15,17,19-20,36-37,40,46H,16,18,21-23H2,1-3H3,(H,47,48)/t36-,37-,40+/m0/s1. The van der Waals surface area contributed by atoms with E-state index >= 15 is 0 Å². The van der Waals surface area contributed by atoms with Gasteiger partial charge in [-0.2, -0.15) is 0 Å². The topological polar surface area (TPSA) is 108 Å². The molecule has 0 unspecified atom stereocenters. The maximum absolute atomic E-state index is 13.5. The second-order valence-corrected chi connectivity index (χ2v) is 14.1. The number of ether oxygens (including phenoxy) is 4. The van der Waals surface area contributed by atoms with Gasteiger partial charge in [0.25, 0.3) is 0 Å². The number of hydrogen-bond acceptors (Lipinski definition) is 8. The molecule has 2 aliphatic heterocycles. The highest BCUT2D eigenvalue weighted by Gasteiger charge is 2.31. The number of carbonyl (C=O) groups excluding carboxylic acids is 2. The molecule has 0 spiro atoms. The molecule has 4 aromatic carbocycles. The monoisotopic (exact) mass is 751 g/mol.